The van der Waals surface area contributed by atoms with Crippen molar-refractivity contribution in [3.63, 3.8) is 0 Å². The second-order valence-corrected chi connectivity index (χ2v) is 11.4. The number of nitrogens with zero attached hydrogens (tertiary/aromatic N) is 3. The molecule has 0 radical (unpaired) electrons. The molecule has 0 saturated heterocycles. The first kappa shape index (κ1) is 21.6. The molecule has 0 fully saturated rings. The highest BCUT2D eigenvalue weighted by Crippen LogP contribution is 2.47. The highest BCUT2D eigenvalue weighted by Gasteiger charge is 2.23. The minimum Gasteiger partial charge on any atom is -0.135 e. The third kappa shape index (κ3) is 3.23. The number of hydrogen-bond acceptors (Lipinski definition) is 5. The van der Waals surface area contributed by atoms with Crippen molar-refractivity contribution in [1.82, 2.24) is 15.4 Å². The van der Waals surface area contributed by atoms with Crippen LogP contribution < -0.4 is 0 Å². The number of hydrogen-bond donors (Lipinski definition) is 0. The van der Waals surface area contributed by atoms with Crippen molar-refractivity contribution in [2.45, 2.75) is 0 Å². The number of fused-ring (bicyclic) bond motifs is 6. The molecule has 0 saturated carbocycles. The maximum absolute atomic E-state index is 4.77. The quantitative estimate of drug-likeness (QED) is 0.232. The second kappa shape index (κ2) is 8.55. The molecule has 0 spiro atoms. The summed E-state index contributed by atoms with van der Waals surface area (Å²) in [6.45, 7) is 0. The first-order valence-corrected chi connectivity index (χ1v) is 14.1. The van der Waals surface area contributed by atoms with Gasteiger partial charge < -0.3 is 0 Å². The Morgan fingerprint density at radius 2 is 0.947 bits per heavy atom. The van der Waals surface area contributed by atoms with Gasteiger partial charge in [-0.2, -0.15) is 0 Å². The van der Waals surface area contributed by atoms with Crippen molar-refractivity contribution in [2.75, 3.05) is 0 Å². The molecule has 38 heavy (non-hydrogen) atoms. The van der Waals surface area contributed by atoms with Crippen molar-refractivity contribution < 1.29 is 0 Å². The first-order valence-electron chi connectivity index (χ1n) is 12.5. The molecule has 0 atom stereocenters. The van der Waals surface area contributed by atoms with Gasteiger partial charge in [0.25, 0.3) is 0 Å². The van der Waals surface area contributed by atoms with Gasteiger partial charge in [0.2, 0.25) is 0 Å². The molecular weight excluding hydrogens is 503 g/mol. The Labute approximate surface area is 226 Å². The van der Waals surface area contributed by atoms with E-state index in [-0.39, 0.29) is 0 Å². The molecule has 5 heteroatoms. The first-order chi connectivity index (χ1) is 18.9. The second-order valence-electron chi connectivity index (χ2n) is 9.28. The van der Waals surface area contributed by atoms with Gasteiger partial charge >= 0.3 is 0 Å². The van der Waals surface area contributed by atoms with Crippen LogP contribution in [0, 0.1) is 0 Å². The van der Waals surface area contributed by atoms with E-state index >= 15 is 0 Å². The van der Waals surface area contributed by atoms with Crippen LogP contribution >= 0.6 is 22.7 Å². The summed E-state index contributed by atoms with van der Waals surface area (Å²) in [5.74, 6) is 0. The fourth-order valence-electron chi connectivity index (χ4n) is 5.52. The van der Waals surface area contributed by atoms with Gasteiger partial charge in [-0.25, -0.2) is 0 Å². The van der Waals surface area contributed by atoms with Crippen LogP contribution in [0.2, 0.25) is 0 Å². The van der Waals surface area contributed by atoms with E-state index in [9.17, 15) is 0 Å². The molecule has 178 valence electrons. The average molecular weight is 522 g/mol. The minimum absolute atomic E-state index is 0.843. The Balaban J connectivity index is 1.55. The maximum atomic E-state index is 4.77. The zero-order chi connectivity index (χ0) is 25.1. The topological polar surface area (TPSA) is 38.7 Å². The van der Waals surface area contributed by atoms with Crippen LogP contribution in [0.1, 0.15) is 0 Å². The molecule has 0 aliphatic carbocycles. The van der Waals surface area contributed by atoms with E-state index < -0.39 is 0 Å². The molecule has 0 unspecified atom stereocenters. The van der Waals surface area contributed by atoms with Gasteiger partial charge in [0.1, 0.15) is 11.4 Å². The van der Waals surface area contributed by atoms with Crippen LogP contribution in [0.4, 0.5) is 0 Å². The highest BCUT2D eigenvalue weighted by atomic mass is 32.1. The summed E-state index contributed by atoms with van der Waals surface area (Å²) in [5, 5.41) is 18.7. The average Bonchev–Trinajstić information content (AvgIpc) is 3.56. The van der Waals surface area contributed by atoms with E-state index in [0.717, 1.165) is 33.6 Å². The number of benzene rings is 5. The van der Waals surface area contributed by atoms with Crippen LogP contribution in [0.3, 0.4) is 0 Å². The van der Waals surface area contributed by atoms with Crippen molar-refractivity contribution in [1.29, 1.82) is 0 Å². The Morgan fingerprint density at radius 3 is 1.63 bits per heavy atom. The molecule has 0 N–H and O–H groups in total. The Hall–Kier alpha value is -4.45. The van der Waals surface area contributed by atoms with E-state index in [4.69, 9.17) is 5.10 Å². The molecule has 0 amide bonds. The lowest BCUT2D eigenvalue weighted by atomic mass is 9.91. The van der Waals surface area contributed by atoms with Gasteiger partial charge in [0.05, 0.1) is 0 Å². The molecule has 3 aromatic heterocycles. The van der Waals surface area contributed by atoms with Crippen LogP contribution in [-0.4, -0.2) is 15.4 Å². The Morgan fingerprint density at radius 1 is 0.421 bits per heavy atom. The summed E-state index contributed by atoms with van der Waals surface area (Å²) in [5.41, 5.74) is 5.96. The molecule has 3 heterocycles. The number of thiophene rings is 2. The smallest absolute Gasteiger partial charge is 0.105 e. The largest absolute Gasteiger partial charge is 0.135 e. The van der Waals surface area contributed by atoms with Crippen molar-refractivity contribution in [3.05, 3.63) is 115 Å². The van der Waals surface area contributed by atoms with E-state index in [1.165, 1.54) is 40.3 Å². The van der Waals surface area contributed by atoms with Crippen molar-refractivity contribution >= 4 is 63.0 Å². The molecule has 0 bridgehead atoms. The van der Waals surface area contributed by atoms with Crippen LogP contribution in [0.15, 0.2) is 115 Å². The maximum Gasteiger partial charge on any atom is 0.105 e. The summed E-state index contributed by atoms with van der Waals surface area (Å²) in [6, 6.07) is 40.6. The van der Waals surface area contributed by atoms with E-state index in [0.29, 0.717) is 0 Å². The third-order valence-electron chi connectivity index (χ3n) is 7.14. The third-order valence-corrected chi connectivity index (χ3v) is 9.41. The minimum atomic E-state index is 0.843. The zero-order valence-corrected chi connectivity index (χ0v) is 21.8. The molecule has 3 nitrogen and oxygen atoms in total. The molecule has 8 aromatic rings. The summed E-state index contributed by atoms with van der Waals surface area (Å²) in [4.78, 5) is 0. The van der Waals surface area contributed by atoms with Gasteiger partial charge in [-0.05, 0) is 35.0 Å². The van der Waals surface area contributed by atoms with E-state index in [1.807, 2.05) is 28.7 Å². The summed E-state index contributed by atoms with van der Waals surface area (Å²) in [7, 11) is 0. The van der Waals surface area contributed by atoms with Crippen LogP contribution in [0.25, 0.3) is 74.0 Å². The SMILES string of the molecule is c1ccc(-c2nnnc(-c3cccc4sc5ccccc5c34)c2-c2cccc3sc4ccccc4c23)cc1. The standard InChI is InChI=1S/C33H19N3S2/c1-2-10-20(11-3-1)32-31(23-14-8-18-27-29(23)21-12-4-6-16-25(21)37-27)33(35-36-34-32)24-15-9-19-28-30(24)22-13-5-7-17-26(22)38-28/h1-19H. The van der Waals surface area contributed by atoms with Gasteiger partial charge in [-0.1, -0.05) is 91.0 Å². The predicted molar refractivity (Wildman–Crippen MR) is 162 cm³/mol. The summed E-state index contributed by atoms with van der Waals surface area (Å²) >= 11 is 3.64. The van der Waals surface area contributed by atoms with Crippen molar-refractivity contribution in [2.24, 2.45) is 0 Å². The normalized spacial score (nSPS) is 11.7. The Kier molecular flexibility index (Phi) is 4.87. The lowest BCUT2D eigenvalue weighted by Crippen LogP contribution is -2.00. The number of rotatable bonds is 3. The highest BCUT2D eigenvalue weighted by molar-refractivity contribution is 7.26. The van der Waals surface area contributed by atoms with E-state index in [2.05, 4.69) is 120 Å². The molecule has 0 aliphatic rings. The fraction of sp³-hybridized carbons (Fsp3) is 0. The lowest BCUT2D eigenvalue weighted by molar-refractivity contribution is 0.879. The fourth-order valence-corrected chi connectivity index (χ4v) is 7.78. The zero-order valence-electron chi connectivity index (χ0n) is 20.1. The van der Waals surface area contributed by atoms with Crippen LogP contribution in [0.5, 0.6) is 0 Å². The predicted octanol–water partition coefficient (Wildman–Crippen LogP) is 9.61. The monoisotopic (exact) mass is 521 g/mol. The van der Waals surface area contributed by atoms with Crippen molar-refractivity contribution in [3.8, 4) is 33.6 Å². The van der Waals surface area contributed by atoms with E-state index in [1.54, 1.807) is 0 Å². The Bertz CT molecular complexity index is 2140. The lowest BCUT2D eigenvalue weighted by Gasteiger charge is -2.15. The summed E-state index contributed by atoms with van der Waals surface area (Å²) < 4.78 is 5.05. The molecule has 5 aromatic carbocycles. The van der Waals surface area contributed by atoms with Gasteiger partial charge in [-0.3, -0.25) is 0 Å². The molecular formula is C33H19N3S2. The molecule has 0 aliphatic heterocycles. The molecule has 8 rings (SSSR count). The van der Waals surface area contributed by atoms with Gasteiger partial charge in [0.15, 0.2) is 0 Å². The number of aromatic nitrogens is 3. The van der Waals surface area contributed by atoms with Crippen LogP contribution in [-0.2, 0) is 0 Å². The van der Waals surface area contributed by atoms with Gasteiger partial charge in [-0.15, -0.1) is 32.9 Å². The van der Waals surface area contributed by atoms with Gasteiger partial charge in [0, 0.05) is 57.0 Å². The summed E-state index contributed by atoms with van der Waals surface area (Å²) in [6.07, 6.45) is 0.